The molecule has 0 aromatic carbocycles. The molecule has 4 fully saturated rings. The van der Waals surface area contributed by atoms with Crippen LogP contribution >= 0.6 is 0 Å². The zero-order chi connectivity index (χ0) is 11.2. The van der Waals surface area contributed by atoms with E-state index in [0.717, 1.165) is 52.2 Å². The summed E-state index contributed by atoms with van der Waals surface area (Å²) in [6.45, 7) is 5.43. The van der Waals surface area contributed by atoms with Crippen molar-refractivity contribution in [2.75, 3.05) is 39.4 Å². The van der Waals surface area contributed by atoms with Crippen molar-refractivity contribution in [1.82, 2.24) is 9.80 Å². The van der Waals surface area contributed by atoms with E-state index in [2.05, 4.69) is 4.90 Å². The standard InChI is InChI=1S/C11H18N2O3/c14-10(15)13-8-11(5-9(13)6-11)7-12-1-3-16-4-2-12/h9H,1-8H2,(H,14,15). The Morgan fingerprint density at radius 3 is 2.62 bits per heavy atom. The van der Waals surface area contributed by atoms with Crippen LogP contribution in [-0.2, 0) is 4.74 Å². The van der Waals surface area contributed by atoms with Gasteiger partial charge in [-0.1, -0.05) is 0 Å². The number of carboxylic acid groups (broad SMARTS) is 1. The topological polar surface area (TPSA) is 53.0 Å². The molecule has 2 bridgehead atoms. The summed E-state index contributed by atoms with van der Waals surface area (Å²) >= 11 is 0. The van der Waals surface area contributed by atoms with Crippen molar-refractivity contribution < 1.29 is 14.6 Å². The number of fused-ring (bicyclic) bond motifs is 1. The highest BCUT2D eigenvalue weighted by Crippen LogP contribution is 2.52. The minimum atomic E-state index is -0.744. The number of carbonyl (C=O) groups is 1. The van der Waals surface area contributed by atoms with Gasteiger partial charge >= 0.3 is 6.09 Å². The van der Waals surface area contributed by atoms with Crippen molar-refractivity contribution >= 4 is 6.09 Å². The first kappa shape index (κ1) is 10.4. The highest BCUT2D eigenvalue weighted by molar-refractivity contribution is 5.67. The van der Waals surface area contributed by atoms with Crippen LogP contribution in [0, 0.1) is 5.41 Å². The summed E-state index contributed by atoms with van der Waals surface area (Å²) in [5, 5.41) is 9.02. The van der Waals surface area contributed by atoms with Crippen molar-refractivity contribution in [2.45, 2.75) is 18.9 Å². The smallest absolute Gasteiger partial charge is 0.407 e. The highest BCUT2D eigenvalue weighted by Gasteiger charge is 2.57. The molecule has 4 rings (SSSR count). The van der Waals surface area contributed by atoms with Gasteiger partial charge in [0.2, 0.25) is 0 Å². The molecule has 0 aromatic rings. The van der Waals surface area contributed by atoms with E-state index in [0.29, 0.717) is 6.04 Å². The monoisotopic (exact) mass is 226 g/mol. The van der Waals surface area contributed by atoms with Crippen LogP contribution in [0.15, 0.2) is 0 Å². The second-order valence-electron chi connectivity index (χ2n) is 5.36. The maximum atomic E-state index is 11.0. The van der Waals surface area contributed by atoms with Crippen LogP contribution in [0.5, 0.6) is 0 Å². The van der Waals surface area contributed by atoms with E-state index in [1.165, 1.54) is 0 Å². The van der Waals surface area contributed by atoms with Crippen LogP contribution in [0.3, 0.4) is 0 Å². The average Bonchev–Trinajstić information content (AvgIpc) is 2.74. The lowest BCUT2D eigenvalue weighted by molar-refractivity contribution is 0.00780. The minimum Gasteiger partial charge on any atom is -0.465 e. The van der Waals surface area contributed by atoms with E-state index in [1.807, 2.05) is 0 Å². The zero-order valence-electron chi connectivity index (χ0n) is 9.39. The van der Waals surface area contributed by atoms with E-state index in [-0.39, 0.29) is 5.41 Å². The summed E-state index contributed by atoms with van der Waals surface area (Å²) in [5.74, 6) is 0. The summed E-state index contributed by atoms with van der Waals surface area (Å²) in [4.78, 5) is 15.0. The molecule has 0 spiro atoms. The Labute approximate surface area is 95.0 Å². The summed E-state index contributed by atoms with van der Waals surface area (Å²) in [6.07, 6.45) is 1.39. The number of rotatable bonds is 2. The van der Waals surface area contributed by atoms with E-state index < -0.39 is 6.09 Å². The van der Waals surface area contributed by atoms with Gasteiger partial charge in [0, 0.05) is 37.6 Å². The van der Waals surface area contributed by atoms with Crippen LogP contribution in [0.25, 0.3) is 0 Å². The molecular formula is C11H18N2O3. The Balaban J connectivity index is 1.58. The number of ether oxygens (including phenoxy) is 1. The predicted molar refractivity (Wildman–Crippen MR) is 57.4 cm³/mol. The number of hydrogen-bond acceptors (Lipinski definition) is 3. The van der Waals surface area contributed by atoms with Gasteiger partial charge in [0.05, 0.1) is 13.2 Å². The molecule has 3 saturated heterocycles. The van der Waals surface area contributed by atoms with Gasteiger partial charge in [0.15, 0.2) is 0 Å². The third-order valence-electron chi connectivity index (χ3n) is 4.19. The quantitative estimate of drug-likeness (QED) is 0.743. The Hall–Kier alpha value is -0.810. The first-order valence-corrected chi connectivity index (χ1v) is 5.98. The average molecular weight is 226 g/mol. The highest BCUT2D eigenvalue weighted by atomic mass is 16.5. The van der Waals surface area contributed by atoms with Crippen molar-refractivity contribution in [2.24, 2.45) is 5.41 Å². The molecule has 1 N–H and O–H groups in total. The first-order valence-electron chi connectivity index (χ1n) is 5.98. The molecular weight excluding hydrogens is 208 g/mol. The summed E-state index contributed by atoms with van der Waals surface area (Å²) in [7, 11) is 0. The van der Waals surface area contributed by atoms with Crippen molar-refractivity contribution in [3.8, 4) is 0 Å². The fourth-order valence-electron chi connectivity index (χ4n) is 3.42. The van der Waals surface area contributed by atoms with E-state index in [4.69, 9.17) is 9.84 Å². The molecule has 5 heteroatoms. The van der Waals surface area contributed by atoms with Crippen LogP contribution in [-0.4, -0.2) is 66.4 Å². The van der Waals surface area contributed by atoms with Gasteiger partial charge in [0.25, 0.3) is 0 Å². The first-order chi connectivity index (χ1) is 7.69. The van der Waals surface area contributed by atoms with Crippen molar-refractivity contribution in [3.05, 3.63) is 0 Å². The maximum absolute atomic E-state index is 11.0. The number of morpholine rings is 1. The molecule has 90 valence electrons. The molecule has 0 atom stereocenters. The number of amides is 1. The Bertz CT molecular complexity index is 296. The number of hydrogen-bond donors (Lipinski definition) is 1. The van der Waals surface area contributed by atoms with Crippen LogP contribution in [0.4, 0.5) is 4.79 Å². The molecule has 0 unspecified atom stereocenters. The molecule has 3 aliphatic heterocycles. The molecule has 3 heterocycles. The largest absolute Gasteiger partial charge is 0.465 e. The van der Waals surface area contributed by atoms with Crippen molar-refractivity contribution in [3.63, 3.8) is 0 Å². The molecule has 0 aromatic heterocycles. The Morgan fingerprint density at radius 2 is 2.06 bits per heavy atom. The molecule has 4 aliphatic rings. The van der Waals surface area contributed by atoms with Gasteiger partial charge in [0.1, 0.15) is 0 Å². The van der Waals surface area contributed by atoms with Gasteiger partial charge in [-0.25, -0.2) is 4.79 Å². The zero-order valence-corrected chi connectivity index (χ0v) is 9.39. The van der Waals surface area contributed by atoms with Gasteiger partial charge < -0.3 is 14.7 Å². The lowest BCUT2D eigenvalue weighted by Crippen LogP contribution is -2.47. The fourth-order valence-corrected chi connectivity index (χ4v) is 3.42. The SMILES string of the molecule is O=C(O)N1CC2(CN3CCOCC3)CC1C2. The van der Waals surface area contributed by atoms with Gasteiger partial charge in [-0.05, 0) is 12.8 Å². The predicted octanol–water partition coefficient (Wildman–Crippen LogP) is 0.461. The van der Waals surface area contributed by atoms with Gasteiger partial charge in [-0.3, -0.25) is 4.90 Å². The summed E-state index contributed by atoms with van der Waals surface area (Å²) in [5.41, 5.74) is 0.264. The Morgan fingerprint density at radius 1 is 1.38 bits per heavy atom. The fraction of sp³-hybridized carbons (Fsp3) is 0.909. The Kier molecular flexibility index (Phi) is 2.33. The van der Waals surface area contributed by atoms with Gasteiger partial charge in [-0.2, -0.15) is 0 Å². The molecule has 5 nitrogen and oxygen atoms in total. The van der Waals surface area contributed by atoms with Crippen molar-refractivity contribution in [1.29, 1.82) is 0 Å². The molecule has 1 amide bonds. The van der Waals surface area contributed by atoms with Crippen LogP contribution in [0.2, 0.25) is 0 Å². The third kappa shape index (κ3) is 1.58. The molecule has 0 radical (unpaired) electrons. The molecule has 1 saturated carbocycles. The lowest BCUT2D eigenvalue weighted by Gasteiger charge is -2.41. The normalized spacial score (nSPS) is 38.5. The van der Waals surface area contributed by atoms with Crippen LogP contribution < -0.4 is 0 Å². The third-order valence-corrected chi connectivity index (χ3v) is 4.19. The lowest BCUT2D eigenvalue weighted by atomic mass is 9.70. The van der Waals surface area contributed by atoms with E-state index >= 15 is 0 Å². The van der Waals surface area contributed by atoms with Gasteiger partial charge in [-0.15, -0.1) is 0 Å². The second kappa shape index (κ2) is 3.60. The second-order valence-corrected chi connectivity index (χ2v) is 5.36. The molecule has 1 aliphatic carbocycles. The van der Waals surface area contributed by atoms with E-state index in [1.54, 1.807) is 4.90 Å². The minimum absolute atomic E-state index is 0.264. The summed E-state index contributed by atoms with van der Waals surface area (Å²) < 4.78 is 5.32. The van der Waals surface area contributed by atoms with E-state index in [9.17, 15) is 4.79 Å². The van der Waals surface area contributed by atoms with Crippen LogP contribution in [0.1, 0.15) is 12.8 Å². The molecule has 16 heavy (non-hydrogen) atoms. The maximum Gasteiger partial charge on any atom is 0.407 e. The number of nitrogens with zero attached hydrogens (tertiary/aromatic N) is 2. The summed E-state index contributed by atoms with van der Waals surface area (Å²) in [6, 6.07) is 0.304.